The van der Waals surface area contributed by atoms with Gasteiger partial charge < -0.3 is 43.4 Å². The van der Waals surface area contributed by atoms with Crippen molar-refractivity contribution in [2.45, 2.75) is 138 Å². The maximum absolute atomic E-state index is 13.3. The van der Waals surface area contributed by atoms with Crippen molar-refractivity contribution in [2.24, 2.45) is 35.5 Å². The van der Waals surface area contributed by atoms with Crippen molar-refractivity contribution < 1.29 is 72.1 Å². The van der Waals surface area contributed by atoms with Gasteiger partial charge in [0.15, 0.2) is 0 Å². The van der Waals surface area contributed by atoms with Crippen molar-refractivity contribution in [2.75, 3.05) is 13.2 Å². The zero-order valence-corrected chi connectivity index (χ0v) is 32.3. The fourth-order valence-corrected chi connectivity index (χ4v) is 6.07. The molecule has 2 rings (SSSR count). The zero-order valence-electron chi connectivity index (χ0n) is 32.3. The van der Waals surface area contributed by atoms with Crippen LogP contribution in [0.15, 0.2) is 11.8 Å². The van der Waals surface area contributed by atoms with E-state index < -0.39 is 109 Å². The van der Waals surface area contributed by atoms with E-state index in [9.17, 15) is 39.0 Å². The van der Waals surface area contributed by atoms with E-state index in [4.69, 9.17) is 33.2 Å². The Morgan fingerprint density at radius 2 is 1.19 bits per heavy atom. The van der Waals surface area contributed by atoms with E-state index in [1.165, 1.54) is 0 Å². The molecule has 2 N–H and O–H groups in total. The first kappa shape index (κ1) is 44.4. The molecule has 1 aliphatic heterocycles. The number of rotatable bonds is 18. The molecule has 15 nitrogen and oxygen atoms in total. The van der Waals surface area contributed by atoms with E-state index in [-0.39, 0.29) is 42.6 Å². The van der Waals surface area contributed by atoms with Crippen molar-refractivity contribution >= 4 is 35.8 Å². The van der Waals surface area contributed by atoms with Gasteiger partial charge in [0.2, 0.25) is 12.2 Å². The molecule has 0 aromatic rings. The van der Waals surface area contributed by atoms with Gasteiger partial charge in [-0.15, -0.1) is 0 Å². The van der Waals surface area contributed by atoms with Gasteiger partial charge >= 0.3 is 35.8 Å². The Kier molecular flexibility index (Phi) is 16.1. The Balaban J connectivity index is 2.50. The summed E-state index contributed by atoms with van der Waals surface area (Å²) >= 11 is 0. The summed E-state index contributed by atoms with van der Waals surface area (Å²) in [5.41, 5.74) is -4.80. The number of esters is 6. The average molecular weight is 743 g/mol. The molecule has 1 aliphatic carbocycles. The molecule has 1 saturated carbocycles. The summed E-state index contributed by atoms with van der Waals surface area (Å²) in [4.78, 5) is 76.5. The number of hydrogen-bond acceptors (Lipinski definition) is 15. The summed E-state index contributed by atoms with van der Waals surface area (Å²) in [5, 5.41) is 24.7. The monoisotopic (exact) mass is 742 g/mol. The Hall–Kier alpha value is -3.72. The van der Waals surface area contributed by atoms with Gasteiger partial charge in [-0.05, 0) is 17.8 Å². The Bertz CT molecular complexity index is 1320. The molecule has 0 saturated heterocycles. The maximum Gasteiger partial charge on any atom is 0.348 e. The molecule has 0 aromatic carbocycles. The normalized spacial score (nSPS) is 25.2. The second-order valence-electron chi connectivity index (χ2n) is 15.7. The van der Waals surface area contributed by atoms with Crippen LogP contribution in [0.1, 0.15) is 102 Å². The van der Waals surface area contributed by atoms with Crippen LogP contribution in [-0.2, 0) is 61.9 Å². The molecule has 1 fully saturated rings. The number of fused-ring (bicyclic) bond motifs is 1. The highest BCUT2D eigenvalue weighted by atomic mass is 16.7. The van der Waals surface area contributed by atoms with Crippen LogP contribution in [0.3, 0.4) is 0 Å². The molecule has 2 aliphatic rings. The van der Waals surface area contributed by atoms with Crippen LogP contribution in [0.25, 0.3) is 0 Å². The van der Waals surface area contributed by atoms with Crippen molar-refractivity contribution in [3.63, 3.8) is 0 Å². The molecule has 0 aromatic heterocycles. The van der Waals surface area contributed by atoms with Gasteiger partial charge in [-0.3, -0.25) is 19.2 Å². The van der Waals surface area contributed by atoms with Crippen LogP contribution in [0.2, 0.25) is 0 Å². The third-order valence-corrected chi connectivity index (χ3v) is 8.57. The minimum atomic E-state index is -2.46. The van der Waals surface area contributed by atoms with Crippen molar-refractivity contribution in [3.05, 3.63) is 11.8 Å². The predicted octanol–water partition coefficient (Wildman–Crippen LogP) is 3.54. The minimum Gasteiger partial charge on any atom is -0.462 e. The van der Waals surface area contributed by atoms with Crippen LogP contribution in [0, 0.1) is 35.5 Å². The van der Waals surface area contributed by atoms with Crippen molar-refractivity contribution in [3.8, 4) is 0 Å². The lowest BCUT2D eigenvalue weighted by molar-refractivity contribution is -0.242. The first-order chi connectivity index (χ1) is 24.0. The predicted molar refractivity (Wildman–Crippen MR) is 182 cm³/mol. The number of aliphatic hydroxyl groups is 2. The highest BCUT2D eigenvalue weighted by Gasteiger charge is 2.70. The highest BCUT2D eigenvalue weighted by molar-refractivity contribution is 5.80. The van der Waals surface area contributed by atoms with Gasteiger partial charge in [0.25, 0.3) is 6.29 Å². The smallest absolute Gasteiger partial charge is 0.348 e. The number of hydrogen-bond donors (Lipinski definition) is 2. The topological polar surface area (TPSA) is 207 Å². The van der Waals surface area contributed by atoms with Gasteiger partial charge in [-0.1, -0.05) is 69.2 Å². The van der Waals surface area contributed by atoms with Crippen LogP contribution >= 0.6 is 0 Å². The molecule has 296 valence electrons. The summed E-state index contributed by atoms with van der Waals surface area (Å²) in [7, 11) is 0. The fourth-order valence-electron chi connectivity index (χ4n) is 6.07. The molecule has 52 heavy (non-hydrogen) atoms. The lowest BCUT2D eigenvalue weighted by Gasteiger charge is -2.44. The molecule has 0 spiro atoms. The molecular formula is C37H58O15. The minimum absolute atomic E-state index is 0.0173. The first-order valence-electron chi connectivity index (χ1n) is 17.9. The standard InChI is InChI=1S/C37H58O15/c1-19(2)12-27(39)50-30(22(7)8)33(42)46-16-25-17-47-35(52-29(41)14-21(5)6)32-36(25,44)15-26(49-24(11)38)37(32,45)18-48-34(43)31(23(9)10)51-28(40)13-20(3)4/h17,19-23,26,30-32,35,44-45H,12-16,18H2,1-11H3/t26-,30+,31+,32-,35-,36-,37-/m0/s1. The van der Waals surface area contributed by atoms with E-state index in [0.717, 1.165) is 13.2 Å². The number of ether oxygens (including phenoxy) is 7. The van der Waals surface area contributed by atoms with E-state index in [1.807, 2.05) is 27.7 Å². The van der Waals surface area contributed by atoms with Crippen molar-refractivity contribution in [1.82, 2.24) is 0 Å². The summed E-state index contributed by atoms with van der Waals surface area (Å²) in [6.07, 6.45) is -5.32. The first-order valence-corrected chi connectivity index (χ1v) is 17.9. The fraction of sp³-hybridized carbons (Fsp3) is 0.784. The molecule has 0 bridgehead atoms. The summed E-state index contributed by atoms with van der Waals surface area (Å²) in [6, 6.07) is 0. The Morgan fingerprint density at radius 3 is 1.63 bits per heavy atom. The zero-order chi connectivity index (χ0) is 39.7. The van der Waals surface area contributed by atoms with E-state index in [1.54, 1.807) is 41.5 Å². The van der Waals surface area contributed by atoms with Gasteiger partial charge in [0.05, 0.1) is 6.26 Å². The molecule has 0 amide bonds. The van der Waals surface area contributed by atoms with E-state index >= 15 is 0 Å². The molecular weight excluding hydrogens is 684 g/mol. The van der Waals surface area contributed by atoms with Crippen molar-refractivity contribution in [1.29, 1.82) is 0 Å². The van der Waals surface area contributed by atoms with Crippen LogP contribution in [0.4, 0.5) is 0 Å². The van der Waals surface area contributed by atoms with E-state index in [0.29, 0.717) is 0 Å². The van der Waals surface area contributed by atoms with Gasteiger partial charge in [0.1, 0.15) is 36.4 Å². The largest absolute Gasteiger partial charge is 0.462 e. The molecule has 1 heterocycles. The van der Waals surface area contributed by atoms with E-state index in [2.05, 4.69) is 0 Å². The Labute approximate surface area is 306 Å². The van der Waals surface area contributed by atoms with Crippen LogP contribution in [-0.4, -0.2) is 95.0 Å². The summed E-state index contributed by atoms with van der Waals surface area (Å²) in [5.74, 6) is -7.61. The number of carbonyl (C=O) groups is 6. The van der Waals surface area contributed by atoms with Crippen LogP contribution < -0.4 is 0 Å². The molecule has 7 atom stereocenters. The summed E-state index contributed by atoms with van der Waals surface area (Å²) < 4.78 is 38.6. The quantitative estimate of drug-likeness (QED) is 0.152. The second-order valence-corrected chi connectivity index (χ2v) is 15.7. The van der Waals surface area contributed by atoms with Gasteiger partial charge in [0, 0.05) is 50.0 Å². The molecule has 15 heteroatoms. The number of carbonyl (C=O) groups excluding carboxylic acids is 6. The average Bonchev–Trinajstić information content (AvgIpc) is 3.21. The lowest BCUT2D eigenvalue weighted by Crippen LogP contribution is -2.60. The lowest BCUT2D eigenvalue weighted by atomic mass is 9.77. The van der Waals surface area contributed by atoms with Gasteiger partial charge in [-0.25, -0.2) is 9.59 Å². The Morgan fingerprint density at radius 1 is 0.731 bits per heavy atom. The SMILES string of the molecule is CC(=O)O[C@H]1C[C@]2(O)C(COC(=O)[C@H](OC(=O)CC(C)C)C(C)C)=CO[C@@H](OC(=O)CC(C)C)[C@@H]2[C@]1(O)COC(=O)[C@H](OC(=O)CC(C)C)C(C)C. The third kappa shape index (κ3) is 11.9. The highest BCUT2D eigenvalue weighted by Crippen LogP contribution is 2.53. The van der Waals surface area contributed by atoms with Gasteiger partial charge in [-0.2, -0.15) is 0 Å². The third-order valence-electron chi connectivity index (χ3n) is 8.57. The maximum atomic E-state index is 13.3. The summed E-state index contributed by atoms with van der Waals surface area (Å²) in [6.45, 7) is 16.9. The molecule has 0 unspecified atom stereocenters. The second kappa shape index (κ2) is 18.9. The molecule has 0 radical (unpaired) electrons. The van der Waals surface area contributed by atoms with Crippen LogP contribution in [0.5, 0.6) is 0 Å².